The number of allylic oxidation sites excluding steroid dienone is 3. The average molecular weight is 368 g/mol. The van der Waals surface area contributed by atoms with E-state index in [2.05, 4.69) is 5.32 Å². The van der Waals surface area contributed by atoms with Gasteiger partial charge in [0, 0.05) is 22.3 Å². The number of dihydropyridines is 1. The Balaban J connectivity index is 2.85. The molecule has 9 nitrogen and oxygen atoms in total. The van der Waals surface area contributed by atoms with Crippen molar-refractivity contribution in [1.82, 2.24) is 5.32 Å². The number of hydrogen-bond donors (Lipinski definition) is 1. The number of nitrogens with one attached hydrogen (secondary N) is 1. The number of ether oxygens (including phenoxy) is 1. The fraction of sp³-hybridized carbons (Fsp3) is 0.267. The van der Waals surface area contributed by atoms with Crippen molar-refractivity contribution in [1.29, 1.82) is 0 Å². The van der Waals surface area contributed by atoms with Crippen molar-refractivity contribution in [3.05, 3.63) is 71.7 Å². The van der Waals surface area contributed by atoms with E-state index in [4.69, 9.17) is 16.3 Å². The number of rotatable bonds is 4. The zero-order valence-electron chi connectivity index (χ0n) is 13.5. The maximum atomic E-state index is 12.2. The van der Waals surface area contributed by atoms with Crippen molar-refractivity contribution < 1.29 is 19.4 Å². The van der Waals surface area contributed by atoms with Crippen molar-refractivity contribution >= 4 is 23.3 Å². The van der Waals surface area contributed by atoms with Gasteiger partial charge in [0.25, 0.3) is 11.4 Å². The molecule has 1 aromatic carbocycles. The zero-order valence-corrected chi connectivity index (χ0v) is 14.3. The van der Waals surface area contributed by atoms with Crippen LogP contribution in [-0.2, 0) is 9.53 Å². The molecule has 1 aliphatic rings. The Morgan fingerprint density at radius 3 is 2.36 bits per heavy atom. The monoisotopic (exact) mass is 367 g/mol. The van der Waals surface area contributed by atoms with Gasteiger partial charge in [0.05, 0.1) is 28.2 Å². The largest absolute Gasteiger partial charge is 0.466 e. The summed E-state index contributed by atoms with van der Waals surface area (Å²) in [4.78, 5) is 33.9. The quantitative estimate of drug-likeness (QED) is 0.492. The number of nitro groups is 2. The molecule has 0 bridgehead atoms. The van der Waals surface area contributed by atoms with Crippen LogP contribution in [0.25, 0.3) is 0 Å². The first-order valence-electron chi connectivity index (χ1n) is 7.04. The molecule has 132 valence electrons. The van der Waals surface area contributed by atoms with E-state index in [0.717, 1.165) is 13.2 Å². The molecule has 0 saturated heterocycles. The Morgan fingerprint density at radius 1 is 1.20 bits per heavy atom. The highest BCUT2D eigenvalue weighted by atomic mass is 35.5. The molecule has 1 N–H and O–H groups in total. The lowest BCUT2D eigenvalue weighted by atomic mass is 9.83. The minimum atomic E-state index is -1.29. The minimum absolute atomic E-state index is 0.0511. The zero-order chi connectivity index (χ0) is 18.9. The normalized spacial score (nSPS) is 17.2. The van der Waals surface area contributed by atoms with E-state index in [1.54, 1.807) is 0 Å². The van der Waals surface area contributed by atoms with Gasteiger partial charge in [0.15, 0.2) is 0 Å². The van der Waals surface area contributed by atoms with Gasteiger partial charge in [0.1, 0.15) is 5.92 Å². The van der Waals surface area contributed by atoms with Crippen LogP contribution in [0, 0.1) is 20.2 Å². The maximum absolute atomic E-state index is 12.2. The molecule has 1 unspecified atom stereocenters. The molecule has 2 rings (SSSR count). The fourth-order valence-corrected chi connectivity index (χ4v) is 3.01. The molecule has 25 heavy (non-hydrogen) atoms. The lowest BCUT2D eigenvalue weighted by molar-refractivity contribution is -0.431. The van der Waals surface area contributed by atoms with Crippen LogP contribution >= 0.6 is 11.6 Å². The predicted molar refractivity (Wildman–Crippen MR) is 88.4 cm³/mol. The van der Waals surface area contributed by atoms with Crippen molar-refractivity contribution in [2.45, 2.75) is 19.8 Å². The standard InChI is InChI=1S/C15H14ClN3O6/c1-7-12(15(20)25-3)13(14(19(23)24)8(2)17-7)10-6-9(16)4-5-11(10)18(21)22/h4-6,13,17H,1-3H3. The first kappa shape index (κ1) is 18.4. The molecule has 0 aliphatic carbocycles. The summed E-state index contributed by atoms with van der Waals surface area (Å²) in [5.41, 5.74) is -0.396. The predicted octanol–water partition coefficient (Wildman–Crippen LogP) is 2.89. The second kappa shape index (κ2) is 6.89. The third-order valence-corrected chi connectivity index (χ3v) is 4.06. The molecule has 0 radical (unpaired) electrons. The van der Waals surface area contributed by atoms with E-state index in [-0.39, 0.29) is 33.2 Å². The van der Waals surface area contributed by atoms with Crippen LogP contribution in [0.5, 0.6) is 0 Å². The van der Waals surface area contributed by atoms with Crippen LogP contribution in [0.1, 0.15) is 25.3 Å². The van der Waals surface area contributed by atoms with Gasteiger partial charge in [-0.05, 0) is 26.0 Å². The van der Waals surface area contributed by atoms with E-state index in [9.17, 15) is 25.0 Å². The number of halogens is 1. The smallest absolute Gasteiger partial charge is 0.336 e. The lowest BCUT2D eigenvalue weighted by Gasteiger charge is -2.26. The van der Waals surface area contributed by atoms with Gasteiger partial charge in [-0.15, -0.1) is 0 Å². The van der Waals surface area contributed by atoms with E-state index < -0.39 is 21.7 Å². The highest BCUT2D eigenvalue weighted by Crippen LogP contribution is 2.43. The Hall–Kier alpha value is -2.94. The highest BCUT2D eigenvalue weighted by Gasteiger charge is 2.43. The molecular formula is C15H14ClN3O6. The van der Waals surface area contributed by atoms with Gasteiger partial charge < -0.3 is 10.1 Å². The molecule has 0 fully saturated rings. The van der Waals surface area contributed by atoms with Gasteiger partial charge in [-0.1, -0.05) is 11.6 Å². The van der Waals surface area contributed by atoms with E-state index in [1.165, 1.54) is 26.0 Å². The van der Waals surface area contributed by atoms with Crippen molar-refractivity contribution in [2.24, 2.45) is 0 Å². The van der Waals surface area contributed by atoms with Crippen molar-refractivity contribution in [3.63, 3.8) is 0 Å². The summed E-state index contributed by atoms with van der Waals surface area (Å²) in [6.45, 7) is 2.99. The molecular weight excluding hydrogens is 354 g/mol. The van der Waals surface area contributed by atoms with Crippen LogP contribution < -0.4 is 5.32 Å². The Kier molecular flexibility index (Phi) is 5.07. The summed E-state index contributed by atoms with van der Waals surface area (Å²) in [6, 6.07) is 3.71. The van der Waals surface area contributed by atoms with Gasteiger partial charge >= 0.3 is 5.97 Å². The summed E-state index contributed by atoms with van der Waals surface area (Å²) < 4.78 is 4.72. The van der Waals surface area contributed by atoms with Crippen LogP contribution in [0.15, 0.2) is 40.9 Å². The van der Waals surface area contributed by atoms with Crippen LogP contribution in [0.2, 0.25) is 5.02 Å². The van der Waals surface area contributed by atoms with Crippen LogP contribution in [-0.4, -0.2) is 22.9 Å². The van der Waals surface area contributed by atoms with E-state index in [0.29, 0.717) is 5.70 Å². The number of hydrogen-bond acceptors (Lipinski definition) is 7. The lowest BCUT2D eigenvalue weighted by Crippen LogP contribution is -2.31. The Morgan fingerprint density at radius 2 is 1.84 bits per heavy atom. The number of benzene rings is 1. The summed E-state index contributed by atoms with van der Waals surface area (Å²) in [5.74, 6) is -2.11. The van der Waals surface area contributed by atoms with E-state index in [1.807, 2.05) is 0 Å². The summed E-state index contributed by atoms with van der Waals surface area (Å²) in [5, 5.41) is 25.9. The van der Waals surface area contributed by atoms with Gasteiger partial charge in [0.2, 0.25) is 0 Å². The molecule has 1 atom stereocenters. The fourth-order valence-electron chi connectivity index (χ4n) is 2.83. The van der Waals surface area contributed by atoms with Gasteiger partial charge in [-0.25, -0.2) is 4.79 Å². The number of esters is 1. The molecule has 1 aromatic rings. The number of methoxy groups -OCH3 is 1. The molecule has 1 aliphatic heterocycles. The Labute approximate surface area is 147 Å². The van der Waals surface area contributed by atoms with Gasteiger partial charge in [-0.3, -0.25) is 20.2 Å². The number of carbonyl (C=O) groups excluding carboxylic acids is 1. The van der Waals surface area contributed by atoms with E-state index >= 15 is 0 Å². The van der Waals surface area contributed by atoms with Crippen LogP contribution in [0.4, 0.5) is 5.69 Å². The number of nitro benzene ring substituents is 1. The summed E-state index contributed by atoms with van der Waals surface area (Å²) >= 11 is 5.95. The molecule has 0 amide bonds. The van der Waals surface area contributed by atoms with Crippen molar-refractivity contribution in [2.75, 3.05) is 7.11 Å². The van der Waals surface area contributed by atoms with Crippen molar-refractivity contribution in [3.8, 4) is 0 Å². The average Bonchev–Trinajstić information content (AvgIpc) is 2.52. The second-order valence-electron chi connectivity index (χ2n) is 5.32. The number of carbonyl (C=O) groups is 1. The summed E-state index contributed by atoms with van der Waals surface area (Å²) in [6.07, 6.45) is 0. The second-order valence-corrected chi connectivity index (χ2v) is 5.75. The molecule has 0 aromatic heterocycles. The topological polar surface area (TPSA) is 125 Å². The first-order chi connectivity index (χ1) is 11.7. The SMILES string of the molecule is COC(=O)C1=C(C)NC(C)=C([N+](=O)[O-])C1c1cc(Cl)ccc1[N+](=O)[O-]. The third-order valence-electron chi connectivity index (χ3n) is 3.82. The first-order valence-corrected chi connectivity index (χ1v) is 7.42. The molecule has 10 heteroatoms. The highest BCUT2D eigenvalue weighted by molar-refractivity contribution is 6.30. The summed E-state index contributed by atoms with van der Waals surface area (Å²) in [7, 11) is 1.13. The van der Waals surface area contributed by atoms with Gasteiger partial charge in [-0.2, -0.15) is 0 Å². The number of nitrogens with zero attached hydrogens (tertiary/aromatic N) is 2. The molecule has 0 spiro atoms. The maximum Gasteiger partial charge on any atom is 0.336 e. The molecule has 0 saturated carbocycles. The molecule has 1 heterocycles. The minimum Gasteiger partial charge on any atom is -0.466 e. The third kappa shape index (κ3) is 3.31. The Bertz CT molecular complexity index is 846. The van der Waals surface area contributed by atoms with Crippen LogP contribution in [0.3, 0.4) is 0 Å².